The lowest BCUT2D eigenvalue weighted by Crippen LogP contribution is -2.18. The fourth-order valence-electron chi connectivity index (χ4n) is 1.93. The molecule has 4 nitrogen and oxygen atoms in total. The molecule has 1 heterocycles. The van der Waals surface area contributed by atoms with E-state index >= 15 is 0 Å². The maximum atomic E-state index is 9.19. The molecule has 0 saturated heterocycles. The minimum atomic E-state index is -0.278. The number of aliphatic hydroxyl groups excluding tert-OH is 1. The first kappa shape index (κ1) is 14.4. The van der Waals surface area contributed by atoms with E-state index < -0.39 is 0 Å². The largest absolute Gasteiger partial charge is 0.489 e. The Morgan fingerprint density at radius 1 is 1.37 bits per heavy atom. The summed E-state index contributed by atoms with van der Waals surface area (Å²) >= 11 is 6.21. The number of rotatable bonds is 5. The van der Waals surface area contributed by atoms with E-state index in [1.54, 1.807) is 6.92 Å². The van der Waals surface area contributed by atoms with Gasteiger partial charge in [0.15, 0.2) is 11.5 Å². The van der Waals surface area contributed by atoms with Crippen molar-refractivity contribution in [2.24, 2.45) is 0 Å². The van der Waals surface area contributed by atoms with Gasteiger partial charge in [0.25, 0.3) is 0 Å². The van der Waals surface area contributed by atoms with E-state index in [2.05, 4.69) is 5.32 Å². The molecule has 106 valence electrons. The number of fused-ring (bicyclic) bond motifs is 1. The summed E-state index contributed by atoms with van der Waals surface area (Å²) in [5.41, 5.74) is 1.06. The molecule has 0 spiro atoms. The normalized spacial score (nSPS) is 15.9. The number of hydrogen-bond donors (Lipinski definition) is 2. The van der Waals surface area contributed by atoms with Crippen molar-refractivity contribution in [3.63, 3.8) is 0 Å². The highest BCUT2D eigenvalue weighted by molar-refractivity contribution is 6.32. The molecular formula is C14H20ClNO3. The second-order valence-electron chi connectivity index (χ2n) is 4.77. The Balaban J connectivity index is 1.98. The molecule has 0 bridgehead atoms. The molecule has 1 aliphatic rings. The van der Waals surface area contributed by atoms with Crippen LogP contribution in [0.3, 0.4) is 0 Å². The molecule has 0 saturated carbocycles. The van der Waals surface area contributed by atoms with Gasteiger partial charge in [-0.25, -0.2) is 0 Å². The zero-order valence-corrected chi connectivity index (χ0v) is 11.9. The van der Waals surface area contributed by atoms with E-state index in [4.69, 9.17) is 21.1 Å². The molecule has 0 amide bonds. The predicted molar refractivity (Wildman–Crippen MR) is 75.1 cm³/mol. The molecule has 0 fully saturated rings. The van der Waals surface area contributed by atoms with Gasteiger partial charge in [0.1, 0.15) is 0 Å². The van der Waals surface area contributed by atoms with Gasteiger partial charge in [-0.2, -0.15) is 0 Å². The quantitative estimate of drug-likeness (QED) is 0.816. The number of aliphatic hydroxyl groups is 1. The van der Waals surface area contributed by atoms with Crippen molar-refractivity contribution in [1.82, 2.24) is 5.32 Å². The fraction of sp³-hybridized carbons (Fsp3) is 0.571. The summed E-state index contributed by atoms with van der Waals surface area (Å²) in [5.74, 6) is 1.37. The Labute approximate surface area is 118 Å². The van der Waals surface area contributed by atoms with Crippen molar-refractivity contribution in [3.8, 4) is 11.5 Å². The molecule has 1 aliphatic heterocycles. The van der Waals surface area contributed by atoms with E-state index in [-0.39, 0.29) is 6.10 Å². The highest BCUT2D eigenvalue weighted by Crippen LogP contribution is 2.37. The smallest absolute Gasteiger partial charge is 0.179 e. The molecule has 0 aromatic heterocycles. The third-order valence-corrected chi connectivity index (χ3v) is 3.21. The number of benzene rings is 1. The SMILES string of the molecule is CC(O)CCNCc1cc(Cl)c2c(c1)OCCCO2. The molecule has 19 heavy (non-hydrogen) atoms. The molecular weight excluding hydrogens is 266 g/mol. The van der Waals surface area contributed by atoms with E-state index in [0.29, 0.717) is 30.5 Å². The molecule has 1 aromatic rings. The van der Waals surface area contributed by atoms with Crippen molar-refractivity contribution >= 4 is 11.6 Å². The lowest BCUT2D eigenvalue weighted by molar-refractivity contribution is 0.183. The van der Waals surface area contributed by atoms with Gasteiger partial charge in [0.2, 0.25) is 0 Å². The second kappa shape index (κ2) is 6.98. The average Bonchev–Trinajstić information content (AvgIpc) is 2.60. The van der Waals surface area contributed by atoms with Crippen LogP contribution in [0.5, 0.6) is 11.5 Å². The zero-order chi connectivity index (χ0) is 13.7. The van der Waals surface area contributed by atoms with Gasteiger partial charge >= 0.3 is 0 Å². The molecule has 0 radical (unpaired) electrons. The third-order valence-electron chi connectivity index (χ3n) is 2.93. The summed E-state index contributed by atoms with van der Waals surface area (Å²) in [6.45, 7) is 4.54. The fourth-order valence-corrected chi connectivity index (χ4v) is 2.22. The van der Waals surface area contributed by atoms with Crippen LogP contribution >= 0.6 is 11.6 Å². The highest BCUT2D eigenvalue weighted by atomic mass is 35.5. The molecule has 2 rings (SSSR count). The van der Waals surface area contributed by atoms with Crippen molar-refractivity contribution in [1.29, 1.82) is 0 Å². The van der Waals surface area contributed by atoms with Crippen LogP contribution < -0.4 is 14.8 Å². The second-order valence-corrected chi connectivity index (χ2v) is 5.18. The van der Waals surface area contributed by atoms with Crippen LogP contribution in [-0.2, 0) is 6.54 Å². The van der Waals surface area contributed by atoms with E-state index in [9.17, 15) is 5.11 Å². The Morgan fingerprint density at radius 3 is 2.95 bits per heavy atom. The van der Waals surface area contributed by atoms with Crippen molar-refractivity contribution in [2.45, 2.75) is 32.4 Å². The minimum absolute atomic E-state index is 0.278. The van der Waals surface area contributed by atoms with Crippen LogP contribution in [0.1, 0.15) is 25.3 Å². The Morgan fingerprint density at radius 2 is 2.16 bits per heavy atom. The van der Waals surface area contributed by atoms with Gasteiger partial charge < -0.3 is 19.9 Å². The maximum Gasteiger partial charge on any atom is 0.179 e. The summed E-state index contributed by atoms with van der Waals surface area (Å²) < 4.78 is 11.2. The predicted octanol–water partition coefficient (Wildman–Crippen LogP) is 2.36. The molecule has 1 unspecified atom stereocenters. The van der Waals surface area contributed by atoms with Crippen molar-refractivity contribution in [2.75, 3.05) is 19.8 Å². The maximum absolute atomic E-state index is 9.19. The lowest BCUT2D eigenvalue weighted by atomic mass is 10.2. The number of hydrogen-bond acceptors (Lipinski definition) is 4. The van der Waals surface area contributed by atoms with Crippen LogP contribution in [0.2, 0.25) is 5.02 Å². The minimum Gasteiger partial charge on any atom is -0.489 e. The van der Waals surface area contributed by atoms with Crippen LogP contribution in [-0.4, -0.2) is 31.0 Å². The van der Waals surface area contributed by atoms with E-state index in [1.165, 1.54) is 0 Å². The topological polar surface area (TPSA) is 50.7 Å². The summed E-state index contributed by atoms with van der Waals surface area (Å²) in [4.78, 5) is 0. The lowest BCUT2D eigenvalue weighted by Gasteiger charge is -2.12. The van der Waals surface area contributed by atoms with Gasteiger partial charge in [-0.05, 0) is 37.6 Å². The first-order valence-corrected chi connectivity index (χ1v) is 7.01. The van der Waals surface area contributed by atoms with Crippen LogP contribution in [0.15, 0.2) is 12.1 Å². The Hall–Kier alpha value is -0.970. The monoisotopic (exact) mass is 285 g/mol. The average molecular weight is 286 g/mol. The molecule has 2 N–H and O–H groups in total. The summed E-state index contributed by atoms with van der Waals surface area (Å²) in [7, 11) is 0. The van der Waals surface area contributed by atoms with Gasteiger partial charge in [-0.15, -0.1) is 0 Å². The zero-order valence-electron chi connectivity index (χ0n) is 11.1. The Bertz CT molecular complexity index is 423. The van der Waals surface area contributed by atoms with Crippen LogP contribution in [0.4, 0.5) is 0 Å². The number of halogens is 1. The van der Waals surface area contributed by atoms with Crippen molar-refractivity contribution < 1.29 is 14.6 Å². The molecule has 1 atom stereocenters. The van der Waals surface area contributed by atoms with Crippen LogP contribution in [0.25, 0.3) is 0 Å². The van der Waals surface area contributed by atoms with Gasteiger partial charge in [-0.3, -0.25) is 0 Å². The molecule has 5 heteroatoms. The summed E-state index contributed by atoms with van der Waals surface area (Å²) in [6, 6.07) is 3.85. The number of ether oxygens (including phenoxy) is 2. The third kappa shape index (κ3) is 4.27. The first-order chi connectivity index (χ1) is 9.16. The van der Waals surface area contributed by atoms with E-state index in [0.717, 1.165) is 30.7 Å². The Kier molecular flexibility index (Phi) is 5.31. The standard InChI is InChI=1S/C14H20ClNO3/c1-10(17)3-4-16-9-11-7-12(15)14-13(8-11)18-5-2-6-19-14/h7-8,10,16-17H,2-6,9H2,1H3. The van der Waals surface area contributed by atoms with Gasteiger partial charge in [0.05, 0.1) is 24.3 Å². The highest BCUT2D eigenvalue weighted by Gasteiger charge is 2.15. The number of nitrogens with one attached hydrogen (secondary N) is 1. The molecule has 0 aliphatic carbocycles. The van der Waals surface area contributed by atoms with Crippen molar-refractivity contribution in [3.05, 3.63) is 22.7 Å². The molecule has 1 aromatic carbocycles. The van der Waals surface area contributed by atoms with E-state index in [1.807, 2.05) is 12.1 Å². The van der Waals surface area contributed by atoms with Gasteiger partial charge in [-0.1, -0.05) is 11.6 Å². The summed E-state index contributed by atoms with van der Waals surface area (Å²) in [5, 5.41) is 13.0. The van der Waals surface area contributed by atoms with Gasteiger partial charge in [0, 0.05) is 13.0 Å². The van der Waals surface area contributed by atoms with Crippen LogP contribution in [0, 0.1) is 0 Å². The summed E-state index contributed by atoms with van der Waals surface area (Å²) in [6.07, 6.45) is 1.32. The first-order valence-electron chi connectivity index (χ1n) is 6.63.